The molecule has 0 radical (unpaired) electrons. The number of benzene rings is 2. The second-order valence-electron chi connectivity index (χ2n) is 19.8. The summed E-state index contributed by atoms with van der Waals surface area (Å²) in [4.78, 5) is 0. The lowest BCUT2D eigenvalue weighted by Crippen LogP contribution is -2.64. The molecule has 2 aliphatic carbocycles. The van der Waals surface area contributed by atoms with Gasteiger partial charge < -0.3 is 94.5 Å². The summed E-state index contributed by atoms with van der Waals surface area (Å²) >= 11 is 24.0. The van der Waals surface area contributed by atoms with E-state index in [1.165, 1.54) is 83.4 Å². The molecule has 2 aromatic carbocycles. The summed E-state index contributed by atoms with van der Waals surface area (Å²) < 4.78 is 3.22. The van der Waals surface area contributed by atoms with Crippen LogP contribution >= 0.6 is 94.5 Å². The molecule has 4 bridgehead atoms. The normalized spacial score (nSPS) is 31.3. The van der Waals surface area contributed by atoms with Gasteiger partial charge in [0.25, 0.3) is 5.24 Å². The molecule has 2 fully saturated rings. The Morgan fingerprint density at radius 1 is 0.500 bits per heavy atom. The Balaban J connectivity index is 0.000000208. The molecule has 0 aromatic heterocycles. The van der Waals surface area contributed by atoms with E-state index in [1.807, 2.05) is 0 Å². The van der Waals surface area contributed by atoms with Gasteiger partial charge in [0.1, 0.15) is 0 Å². The second-order valence-corrected chi connectivity index (χ2v) is 35.4. The Bertz CT molecular complexity index is 1640. The number of halogens is 6. The monoisotopic (exact) mass is 1120 g/mol. The van der Waals surface area contributed by atoms with Gasteiger partial charge in [0, 0.05) is 83.8 Å². The predicted molar refractivity (Wildman–Crippen MR) is 263 cm³/mol. The minimum absolute atomic E-state index is 0.156. The average Bonchev–Trinajstić information content (AvgIpc) is 3.04. The lowest BCUT2D eigenvalue weighted by Gasteiger charge is -2.56. The van der Waals surface area contributed by atoms with Crippen LogP contribution in [-0.4, -0.2) is 36.7 Å². The van der Waals surface area contributed by atoms with Gasteiger partial charge in [-0.25, -0.2) is 9.15 Å². The van der Waals surface area contributed by atoms with Gasteiger partial charge in [-0.1, -0.05) is 119 Å². The van der Waals surface area contributed by atoms with Crippen LogP contribution in [0.4, 0.5) is 11.4 Å². The van der Waals surface area contributed by atoms with Gasteiger partial charge in [-0.05, 0) is 48.3 Å². The summed E-state index contributed by atoms with van der Waals surface area (Å²) in [5, 5.41) is 0. The van der Waals surface area contributed by atoms with E-state index >= 15 is 0 Å². The summed E-state index contributed by atoms with van der Waals surface area (Å²) in [6.45, 7) is 33.4. The van der Waals surface area contributed by atoms with Crippen LogP contribution < -0.4 is 0 Å². The smallest absolute Gasteiger partial charge is 0.277 e. The van der Waals surface area contributed by atoms with Gasteiger partial charge in [-0.2, -0.15) is 0 Å². The van der Waals surface area contributed by atoms with E-state index in [2.05, 4.69) is 237 Å². The third-order valence-electron chi connectivity index (χ3n) is 14.5. The molecule has 300 valence electrons. The first-order chi connectivity index (χ1) is 24.7. The van der Waals surface area contributed by atoms with Gasteiger partial charge in [-0.3, -0.25) is 0 Å². The summed E-state index contributed by atoms with van der Waals surface area (Å²) in [5.41, 5.74) is 12.5. The molecule has 0 amide bonds. The Labute approximate surface area is 379 Å². The average molecular weight is 1120 g/mol. The lowest BCUT2D eigenvalue weighted by molar-refractivity contribution is -0.555. The standard InChI is InChI=1S/2C22H33BBr3N/c2*1-14(2)17-9-8-10-18(15(3)4)19(17)27-20(23(24,25)26)22(7)12-11-21(27,6)13-16(22)5/h2*8-10,14-16H,11-13H2,1-7H3/t2*16-,21-,22+/m10/s1. The third kappa shape index (κ3) is 8.03. The molecule has 4 aliphatic heterocycles. The second kappa shape index (κ2) is 16.0. The number of rotatable bonds is 8. The molecule has 8 rings (SSSR count). The molecule has 10 heteroatoms. The summed E-state index contributed by atoms with van der Waals surface area (Å²) in [6.07, 6.45) is 7.50. The summed E-state index contributed by atoms with van der Waals surface area (Å²) in [6, 6.07) is 13.9. The van der Waals surface area contributed by atoms with Gasteiger partial charge in [0.05, 0.1) is 0 Å². The van der Waals surface area contributed by atoms with E-state index in [0.29, 0.717) is 35.5 Å². The van der Waals surface area contributed by atoms with E-state index in [0.717, 1.165) is 0 Å². The van der Waals surface area contributed by atoms with Crippen molar-refractivity contribution in [3.05, 3.63) is 58.7 Å². The van der Waals surface area contributed by atoms with Crippen LogP contribution in [0.3, 0.4) is 0 Å². The lowest BCUT2D eigenvalue weighted by atomic mass is 9.53. The topological polar surface area (TPSA) is 6.02 Å². The van der Waals surface area contributed by atoms with E-state index in [9.17, 15) is 0 Å². The van der Waals surface area contributed by atoms with Crippen molar-refractivity contribution in [3.8, 4) is 0 Å². The zero-order valence-corrected chi connectivity index (χ0v) is 45.0. The van der Waals surface area contributed by atoms with Crippen molar-refractivity contribution in [1.29, 1.82) is 0 Å². The van der Waals surface area contributed by atoms with Crippen LogP contribution in [0.5, 0.6) is 0 Å². The Kier molecular flexibility index (Phi) is 13.6. The van der Waals surface area contributed by atoms with Crippen LogP contribution in [0.25, 0.3) is 0 Å². The highest BCUT2D eigenvalue weighted by molar-refractivity contribution is 9.73. The van der Waals surface area contributed by atoms with Crippen molar-refractivity contribution in [2.45, 2.75) is 170 Å². The maximum atomic E-state index is 4.01. The molecule has 2 saturated carbocycles. The highest BCUT2D eigenvalue weighted by Crippen LogP contribution is 2.60. The Morgan fingerprint density at radius 2 is 0.759 bits per heavy atom. The van der Waals surface area contributed by atoms with E-state index in [4.69, 9.17) is 0 Å². The van der Waals surface area contributed by atoms with Crippen molar-refractivity contribution >= 4 is 122 Å². The van der Waals surface area contributed by atoms with Gasteiger partial charge in [-0.15, -0.1) is 0 Å². The molecule has 54 heavy (non-hydrogen) atoms. The highest BCUT2D eigenvalue weighted by atomic mass is 80.0. The molecule has 0 N–H and O–H groups in total. The van der Waals surface area contributed by atoms with Crippen molar-refractivity contribution in [1.82, 2.24) is 0 Å². The fraction of sp³-hybridized carbons (Fsp3) is 0.682. The molecular formula is C44H66B2Br6N2. The van der Waals surface area contributed by atoms with E-state index < -0.39 is 5.24 Å². The van der Waals surface area contributed by atoms with Crippen LogP contribution in [0.2, 0.25) is 0 Å². The van der Waals surface area contributed by atoms with Crippen molar-refractivity contribution in [2.24, 2.45) is 22.7 Å². The van der Waals surface area contributed by atoms with Gasteiger partial charge in [0.2, 0.25) is 11.4 Å². The van der Waals surface area contributed by atoms with Crippen LogP contribution in [-0.2, 0) is 0 Å². The minimum Gasteiger partial charge on any atom is -0.314 e. The largest absolute Gasteiger partial charge is 0.314 e. The minimum atomic E-state index is -1.14. The zero-order valence-electron chi connectivity index (χ0n) is 35.5. The first-order valence-corrected chi connectivity index (χ1v) is 26.2. The third-order valence-corrected chi connectivity index (χ3v) is 17.1. The van der Waals surface area contributed by atoms with Gasteiger partial charge in [0.15, 0.2) is 11.1 Å². The molecule has 4 heterocycles. The number of nitrogens with zero attached hydrogens (tertiary/aromatic N) is 2. The van der Waals surface area contributed by atoms with Crippen molar-refractivity contribution in [2.75, 3.05) is 0 Å². The summed E-state index contributed by atoms with van der Waals surface area (Å²) in [5.74, 6) is 3.33. The van der Waals surface area contributed by atoms with Crippen LogP contribution in [0, 0.1) is 22.7 Å². The zero-order chi connectivity index (χ0) is 40.7. The van der Waals surface area contributed by atoms with Crippen LogP contribution in [0.15, 0.2) is 36.4 Å². The predicted octanol–water partition coefficient (Wildman–Crippen LogP) is 16.6. The molecule has 6 atom stereocenters. The summed E-state index contributed by atoms with van der Waals surface area (Å²) in [7, 11) is 0. The van der Waals surface area contributed by atoms with Gasteiger partial charge >= 0.3 is 0 Å². The first kappa shape index (κ1) is 45.9. The van der Waals surface area contributed by atoms with Crippen molar-refractivity contribution in [3.63, 3.8) is 0 Å². The van der Waals surface area contributed by atoms with Crippen molar-refractivity contribution < 1.29 is 9.15 Å². The first-order valence-electron chi connectivity index (χ1n) is 20.7. The molecule has 0 spiro atoms. The molecule has 2 aromatic rings. The fourth-order valence-electron chi connectivity index (χ4n) is 11.1. The maximum absolute atomic E-state index is 4.01. The number of fused-ring (bicyclic) bond motifs is 4. The Hall–Kier alpha value is 0.790. The van der Waals surface area contributed by atoms with E-state index in [-0.39, 0.29) is 21.9 Å². The molecule has 6 aliphatic rings. The number of hydrogen-bond donors (Lipinski definition) is 0. The molecule has 0 saturated heterocycles. The molecular weight excluding hydrogens is 1060 g/mol. The highest BCUT2D eigenvalue weighted by Gasteiger charge is 2.62. The van der Waals surface area contributed by atoms with Crippen LogP contribution in [0.1, 0.15) is 181 Å². The SMILES string of the molecule is CC(C)c1cccc(C(C)C)c1[N+]1=C([B-](Br)(Br)Br)[C@@]2(C)CC[C@]1(C)C[C@H]2C.CC(C)c1cccc(C(C)C)c1[N+]1=C([B-](Br)(Br)Br)[C@]2(C)CC[C@@]1(C)C[C@@H]2C. The fourth-order valence-corrected chi connectivity index (χ4v) is 15.5. The molecule has 2 nitrogen and oxygen atoms in total. The Morgan fingerprint density at radius 3 is 0.963 bits per heavy atom. The number of para-hydroxylation sites is 2. The molecule has 0 unspecified atom stereocenters. The maximum Gasteiger partial charge on any atom is 0.277 e. The van der Waals surface area contributed by atoms with E-state index in [1.54, 1.807) is 0 Å². The quantitative estimate of drug-likeness (QED) is 0.184. The number of hydrogen-bond acceptors (Lipinski definition) is 0.